The van der Waals surface area contributed by atoms with E-state index in [-0.39, 0.29) is 11.3 Å². The molecule has 0 aliphatic carbocycles. The summed E-state index contributed by atoms with van der Waals surface area (Å²) in [5, 5.41) is 21.5. The van der Waals surface area contributed by atoms with Gasteiger partial charge in [0.2, 0.25) is 6.20 Å². The van der Waals surface area contributed by atoms with Gasteiger partial charge in [-0.15, -0.1) is 0 Å². The predicted octanol–water partition coefficient (Wildman–Crippen LogP) is 1.55. The van der Waals surface area contributed by atoms with Gasteiger partial charge in [-0.3, -0.25) is 10.1 Å². The van der Waals surface area contributed by atoms with Gasteiger partial charge < -0.3 is 15.2 Å². The number of nitrogens with zero attached hydrogens (tertiary/aromatic N) is 1. The molecule has 0 bridgehead atoms. The van der Waals surface area contributed by atoms with Gasteiger partial charge in [0.25, 0.3) is 0 Å². The number of hydrogen-bond donors (Lipinski definition) is 2. The Kier molecular flexibility index (Phi) is 4.04. The highest BCUT2D eigenvalue weighted by Gasteiger charge is 2.10. The topological polar surface area (TPSA) is 102 Å². The lowest BCUT2D eigenvalue weighted by molar-refractivity contribution is -0.402. The Bertz CT molecular complexity index is 470. The molecular formula is C10H10N2O5. The summed E-state index contributed by atoms with van der Waals surface area (Å²) in [6.45, 7) is 0. The minimum atomic E-state index is -1.15. The summed E-state index contributed by atoms with van der Waals surface area (Å²) in [5.74, 6) is -0.757. The molecule has 7 nitrogen and oxygen atoms in total. The Balaban J connectivity index is 2.98. The zero-order valence-corrected chi connectivity index (χ0v) is 8.91. The van der Waals surface area contributed by atoms with Crippen LogP contribution >= 0.6 is 0 Å². The number of rotatable bonds is 5. The van der Waals surface area contributed by atoms with E-state index in [1.54, 1.807) is 6.07 Å². The number of nitrogens with one attached hydrogen (secondary N) is 1. The number of benzene rings is 1. The van der Waals surface area contributed by atoms with Crippen LogP contribution in [0.5, 0.6) is 5.75 Å². The molecule has 2 N–H and O–H groups in total. The third-order valence-corrected chi connectivity index (χ3v) is 1.89. The van der Waals surface area contributed by atoms with Crippen molar-refractivity contribution in [3.05, 3.63) is 46.3 Å². The van der Waals surface area contributed by atoms with Crippen LogP contribution in [0.1, 0.15) is 10.4 Å². The van der Waals surface area contributed by atoms with Crippen LogP contribution in [-0.2, 0) is 0 Å². The Morgan fingerprint density at radius 2 is 2.29 bits per heavy atom. The molecule has 1 aromatic rings. The Morgan fingerprint density at radius 3 is 2.82 bits per heavy atom. The van der Waals surface area contributed by atoms with Crippen molar-refractivity contribution in [3.8, 4) is 5.75 Å². The van der Waals surface area contributed by atoms with E-state index in [2.05, 4.69) is 5.32 Å². The van der Waals surface area contributed by atoms with Crippen molar-refractivity contribution in [2.45, 2.75) is 0 Å². The van der Waals surface area contributed by atoms with E-state index in [9.17, 15) is 14.9 Å². The lowest BCUT2D eigenvalue weighted by Crippen LogP contribution is -2.03. The second kappa shape index (κ2) is 5.50. The summed E-state index contributed by atoms with van der Waals surface area (Å²) in [4.78, 5) is 20.3. The molecule has 0 aliphatic heterocycles. The van der Waals surface area contributed by atoms with Crippen LogP contribution in [-0.4, -0.2) is 23.1 Å². The predicted molar refractivity (Wildman–Crippen MR) is 59.7 cm³/mol. The highest BCUT2D eigenvalue weighted by atomic mass is 16.6. The van der Waals surface area contributed by atoms with Crippen LogP contribution in [0.3, 0.4) is 0 Å². The quantitative estimate of drug-likeness (QED) is 0.596. The molecule has 1 rings (SSSR count). The van der Waals surface area contributed by atoms with Gasteiger partial charge in [0.15, 0.2) is 0 Å². The van der Waals surface area contributed by atoms with E-state index in [0.717, 1.165) is 6.20 Å². The van der Waals surface area contributed by atoms with Crippen molar-refractivity contribution in [2.24, 2.45) is 0 Å². The van der Waals surface area contributed by atoms with Crippen LogP contribution in [0.25, 0.3) is 0 Å². The number of methoxy groups -OCH3 is 1. The van der Waals surface area contributed by atoms with Crippen molar-refractivity contribution in [1.29, 1.82) is 0 Å². The highest BCUT2D eigenvalue weighted by Crippen LogP contribution is 2.22. The van der Waals surface area contributed by atoms with Gasteiger partial charge >= 0.3 is 5.97 Å². The number of hydrogen-bond acceptors (Lipinski definition) is 5. The third kappa shape index (κ3) is 3.49. The highest BCUT2D eigenvalue weighted by molar-refractivity contribution is 5.94. The number of aromatic carboxylic acids is 1. The minimum absolute atomic E-state index is 0.0302. The van der Waals surface area contributed by atoms with Gasteiger partial charge in [0, 0.05) is 0 Å². The molecule has 17 heavy (non-hydrogen) atoms. The maximum absolute atomic E-state index is 10.9. The van der Waals surface area contributed by atoms with Crippen LogP contribution in [0, 0.1) is 10.1 Å². The van der Waals surface area contributed by atoms with Crippen molar-refractivity contribution >= 4 is 11.7 Å². The van der Waals surface area contributed by atoms with E-state index >= 15 is 0 Å². The van der Waals surface area contributed by atoms with Crippen molar-refractivity contribution in [1.82, 2.24) is 0 Å². The van der Waals surface area contributed by atoms with Gasteiger partial charge in [-0.2, -0.15) is 0 Å². The maximum atomic E-state index is 10.9. The molecule has 0 spiro atoms. The fraction of sp³-hybridized carbons (Fsp3) is 0.100. The Labute approximate surface area is 96.5 Å². The van der Waals surface area contributed by atoms with E-state index in [1.165, 1.54) is 19.2 Å². The first-order valence-corrected chi connectivity index (χ1v) is 4.52. The standard InChI is InChI=1S/C10H10N2O5/c1-17-7-2-3-9(8(6-7)10(13)14)11-4-5-12(15)16/h2-6,11H,1H3,(H,13,14)/b5-4+. The fourth-order valence-electron chi connectivity index (χ4n) is 1.14. The Morgan fingerprint density at radius 1 is 1.59 bits per heavy atom. The minimum Gasteiger partial charge on any atom is -0.497 e. The molecule has 0 aromatic heterocycles. The summed E-state index contributed by atoms with van der Waals surface area (Å²) in [5.41, 5.74) is 0.216. The zero-order chi connectivity index (χ0) is 12.8. The monoisotopic (exact) mass is 238 g/mol. The smallest absolute Gasteiger partial charge is 0.337 e. The molecule has 0 fully saturated rings. The Hall–Kier alpha value is -2.57. The maximum Gasteiger partial charge on any atom is 0.337 e. The van der Waals surface area contributed by atoms with Crippen molar-refractivity contribution in [3.63, 3.8) is 0 Å². The molecule has 0 saturated heterocycles. The second-order valence-corrected chi connectivity index (χ2v) is 2.96. The summed E-state index contributed by atoms with van der Waals surface area (Å²) >= 11 is 0. The SMILES string of the molecule is COc1ccc(N/C=C/[N+](=O)[O-])c(C(=O)O)c1. The first kappa shape index (κ1) is 12.5. The molecule has 90 valence electrons. The lowest BCUT2D eigenvalue weighted by atomic mass is 10.1. The fourth-order valence-corrected chi connectivity index (χ4v) is 1.14. The molecule has 7 heteroatoms. The van der Waals surface area contributed by atoms with Gasteiger partial charge in [-0.05, 0) is 18.2 Å². The molecule has 0 atom stereocenters. The number of carbonyl (C=O) groups is 1. The summed E-state index contributed by atoms with van der Waals surface area (Å²) in [6, 6.07) is 4.34. The molecule has 0 saturated carbocycles. The van der Waals surface area contributed by atoms with Crippen LogP contribution in [0.15, 0.2) is 30.6 Å². The first-order chi connectivity index (χ1) is 8.04. The second-order valence-electron chi connectivity index (χ2n) is 2.96. The van der Waals surface area contributed by atoms with Gasteiger partial charge in [0.05, 0.1) is 29.5 Å². The van der Waals surface area contributed by atoms with E-state index in [4.69, 9.17) is 9.84 Å². The molecule has 0 heterocycles. The summed E-state index contributed by atoms with van der Waals surface area (Å²) in [7, 11) is 1.42. The molecule has 0 radical (unpaired) electrons. The largest absolute Gasteiger partial charge is 0.497 e. The molecule has 1 aromatic carbocycles. The number of nitro groups is 1. The van der Waals surface area contributed by atoms with Crippen LogP contribution < -0.4 is 10.1 Å². The summed E-state index contributed by atoms with van der Waals surface area (Å²) in [6.07, 6.45) is 1.73. The average Bonchev–Trinajstić information content (AvgIpc) is 2.28. The zero-order valence-electron chi connectivity index (χ0n) is 8.91. The average molecular weight is 238 g/mol. The van der Waals surface area contributed by atoms with Crippen molar-refractivity contribution < 1.29 is 19.6 Å². The number of anilines is 1. The molecular weight excluding hydrogens is 228 g/mol. The van der Waals surface area contributed by atoms with E-state index in [0.29, 0.717) is 11.9 Å². The summed E-state index contributed by atoms with van der Waals surface area (Å²) < 4.78 is 4.89. The van der Waals surface area contributed by atoms with Gasteiger partial charge in [0.1, 0.15) is 5.75 Å². The van der Waals surface area contributed by atoms with Crippen molar-refractivity contribution in [2.75, 3.05) is 12.4 Å². The lowest BCUT2D eigenvalue weighted by Gasteiger charge is -2.07. The van der Waals surface area contributed by atoms with E-state index < -0.39 is 10.9 Å². The number of carboxylic acids is 1. The molecule has 0 aliphatic rings. The first-order valence-electron chi connectivity index (χ1n) is 4.52. The number of ether oxygens (including phenoxy) is 1. The van der Waals surface area contributed by atoms with Crippen LogP contribution in [0.2, 0.25) is 0 Å². The molecule has 0 amide bonds. The number of carboxylic acid groups (broad SMARTS) is 1. The molecule has 0 unspecified atom stereocenters. The third-order valence-electron chi connectivity index (χ3n) is 1.89. The normalized spacial score (nSPS) is 10.2. The van der Waals surface area contributed by atoms with Gasteiger partial charge in [-0.25, -0.2) is 4.79 Å². The van der Waals surface area contributed by atoms with Gasteiger partial charge in [-0.1, -0.05) is 0 Å². The van der Waals surface area contributed by atoms with E-state index in [1.807, 2.05) is 0 Å². The van der Waals surface area contributed by atoms with Crippen LogP contribution in [0.4, 0.5) is 5.69 Å².